The maximum Gasteiger partial charge on any atom is 0.271 e. The molecule has 6 nitrogen and oxygen atoms in total. The molecule has 44 heavy (non-hydrogen) atoms. The van der Waals surface area contributed by atoms with Crippen molar-refractivity contribution in [2.75, 3.05) is 14.2 Å². The van der Waals surface area contributed by atoms with Crippen LogP contribution in [0.3, 0.4) is 0 Å². The standard InChI is InChI=1S/C36H29ClN2O4S/c1-41-30-17-15-24(20-31(30)42-2)34-28-16-14-23-9-3-5-12-27(23)33(28)38-36-39(34)35(40)32(44-36)19-22-8-7-11-26(18-22)43-21-25-10-4-6-13-29(25)37/h3-13,15,17-20,34H,14,16,21H2,1-2H3/b32-19-/t34-/m1/s1. The number of allylic oxidation sites excluding steroid dienone is 1. The van der Waals surface area contributed by atoms with Crippen molar-refractivity contribution in [3.8, 4) is 17.2 Å². The van der Waals surface area contributed by atoms with Crippen molar-refractivity contribution in [2.45, 2.75) is 25.5 Å². The Bertz CT molecular complexity index is 2110. The molecule has 0 saturated carbocycles. The van der Waals surface area contributed by atoms with E-state index in [0.29, 0.717) is 38.2 Å². The van der Waals surface area contributed by atoms with Crippen LogP contribution in [0.5, 0.6) is 17.2 Å². The van der Waals surface area contributed by atoms with Crippen molar-refractivity contribution in [1.82, 2.24) is 4.57 Å². The minimum atomic E-state index is -0.318. The SMILES string of the molecule is COc1ccc([C@@H]2C3=C(N=c4s/c(=C\c5cccc(OCc6ccccc6Cl)c5)c(=O)n42)c2ccccc2CC3)cc1OC. The van der Waals surface area contributed by atoms with Gasteiger partial charge in [-0.3, -0.25) is 9.36 Å². The Morgan fingerprint density at radius 1 is 0.932 bits per heavy atom. The lowest BCUT2D eigenvalue weighted by Gasteiger charge is -2.31. The van der Waals surface area contributed by atoms with Gasteiger partial charge in [-0.25, -0.2) is 4.99 Å². The van der Waals surface area contributed by atoms with Crippen LogP contribution in [0.4, 0.5) is 0 Å². The molecule has 220 valence electrons. The second-order valence-corrected chi connectivity index (χ2v) is 12.1. The number of methoxy groups -OCH3 is 2. The van der Waals surface area contributed by atoms with Crippen molar-refractivity contribution in [1.29, 1.82) is 0 Å². The molecular weight excluding hydrogens is 592 g/mol. The summed E-state index contributed by atoms with van der Waals surface area (Å²) in [5.41, 5.74) is 7.12. The Kier molecular flexibility index (Phi) is 7.58. The van der Waals surface area contributed by atoms with Gasteiger partial charge in [0.1, 0.15) is 12.4 Å². The smallest absolute Gasteiger partial charge is 0.271 e. The van der Waals surface area contributed by atoms with Gasteiger partial charge in [0.15, 0.2) is 16.3 Å². The third kappa shape index (κ3) is 5.12. The lowest BCUT2D eigenvalue weighted by molar-refractivity contribution is 0.306. The first-order valence-electron chi connectivity index (χ1n) is 14.4. The molecule has 7 rings (SSSR count). The Morgan fingerprint density at radius 3 is 2.59 bits per heavy atom. The number of aryl methyl sites for hydroxylation is 1. The summed E-state index contributed by atoms with van der Waals surface area (Å²) in [6.07, 6.45) is 3.61. The molecule has 0 spiro atoms. The molecule has 4 aromatic carbocycles. The minimum absolute atomic E-state index is 0.0821. The third-order valence-electron chi connectivity index (χ3n) is 8.10. The van der Waals surface area contributed by atoms with Crippen molar-refractivity contribution in [2.24, 2.45) is 4.99 Å². The number of fused-ring (bicyclic) bond motifs is 3. The van der Waals surface area contributed by atoms with Gasteiger partial charge >= 0.3 is 0 Å². The summed E-state index contributed by atoms with van der Waals surface area (Å²) in [5, 5.41) is 0.666. The molecule has 2 aliphatic rings. The van der Waals surface area contributed by atoms with E-state index < -0.39 is 0 Å². The molecule has 0 radical (unpaired) electrons. The van der Waals surface area contributed by atoms with Crippen LogP contribution in [0.1, 0.15) is 40.3 Å². The zero-order chi connectivity index (χ0) is 30.2. The molecule has 0 unspecified atom stereocenters. The first kappa shape index (κ1) is 28.2. The highest BCUT2D eigenvalue weighted by atomic mass is 35.5. The highest BCUT2D eigenvalue weighted by Gasteiger charge is 2.33. The van der Waals surface area contributed by atoms with Crippen molar-refractivity contribution in [3.05, 3.63) is 149 Å². The molecule has 1 atom stereocenters. The second kappa shape index (κ2) is 11.8. The normalized spacial score (nSPS) is 15.6. The number of thiazole rings is 1. The maximum atomic E-state index is 14.2. The van der Waals surface area contributed by atoms with Gasteiger partial charge in [-0.2, -0.15) is 0 Å². The average Bonchev–Trinajstić information content (AvgIpc) is 3.36. The van der Waals surface area contributed by atoms with Gasteiger partial charge in [0, 0.05) is 16.1 Å². The number of halogens is 1. The largest absolute Gasteiger partial charge is 0.493 e. The maximum absolute atomic E-state index is 14.2. The van der Waals surface area contributed by atoms with Crippen LogP contribution in [-0.4, -0.2) is 18.8 Å². The van der Waals surface area contributed by atoms with E-state index in [2.05, 4.69) is 18.2 Å². The van der Waals surface area contributed by atoms with Crippen LogP contribution in [0.15, 0.2) is 106 Å². The van der Waals surface area contributed by atoms with E-state index >= 15 is 0 Å². The molecule has 0 fully saturated rings. The zero-order valence-electron chi connectivity index (χ0n) is 24.2. The molecule has 0 amide bonds. The van der Waals surface area contributed by atoms with E-state index in [0.717, 1.165) is 46.4 Å². The topological polar surface area (TPSA) is 62.0 Å². The van der Waals surface area contributed by atoms with Gasteiger partial charge in [0.05, 0.1) is 30.5 Å². The van der Waals surface area contributed by atoms with E-state index in [9.17, 15) is 4.79 Å². The van der Waals surface area contributed by atoms with Crippen LogP contribution in [-0.2, 0) is 13.0 Å². The fraction of sp³-hybridized carbons (Fsp3) is 0.167. The third-order valence-corrected chi connectivity index (χ3v) is 9.46. The number of benzene rings is 4. The number of nitrogens with zero attached hydrogens (tertiary/aromatic N) is 2. The van der Waals surface area contributed by atoms with Crippen molar-refractivity contribution >= 4 is 34.7 Å². The lowest BCUT2D eigenvalue weighted by Crippen LogP contribution is -2.38. The predicted octanol–water partition coefficient (Wildman–Crippen LogP) is 6.57. The Hall–Kier alpha value is -4.59. The van der Waals surface area contributed by atoms with Gasteiger partial charge in [-0.15, -0.1) is 0 Å². The summed E-state index contributed by atoms with van der Waals surface area (Å²) >= 11 is 7.71. The number of hydrogen-bond acceptors (Lipinski definition) is 6. The van der Waals surface area contributed by atoms with Crippen molar-refractivity contribution in [3.63, 3.8) is 0 Å². The molecule has 1 aromatic heterocycles. The Morgan fingerprint density at radius 2 is 1.75 bits per heavy atom. The summed E-state index contributed by atoms with van der Waals surface area (Å²) in [6, 6.07) is 29.3. The number of rotatable bonds is 7. The summed E-state index contributed by atoms with van der Waals surface area (Å²) in [7, 11) is 3.25. The zero-order valence-corrected chi connectivity index (χ0v) is 25.8. The molecule has 2 heterocycles. The fourth-order valence-corrected chi connectivity index (χ4v) is 7.16. The summed E-state index contributed by atoms with van der Waals surface area (Å²) < 4.78 is 19.6. The Labute approximate surface area is 263 Å². The molecule has 1 aliphatic heterocycles. The van der Waals surface area contributed by atoms with Crippen LogP contribution >= 0.6 is 22.9 Å². The molecule has 0 bridgehead atoms. The van der Waals surface area contributed by atoms with Gasteiger partial charge < -0.3 is 14.2 Å². The van der Waals surface area contributed by atoms with Crippen LogP contribution in [0.25, 0.3) is 11.8 Å². The van der Waals surface area contributed by atoms with Gasteiger partial charge in [0.2, 0.25) is 0 Å². The summed E-state index contributed by atoms with van der Waals surface area (Å²) in [4.78, 5) is 20.0. The Balaban J connectivity index is 1.33. The number of aromatic nitrogens is 1. The molecule has 5 aromatic rings. The van der Waals surface area contributed by atoms with Gasteiger partial charge in [-0.05, 0) is 71.5 Å². The fourth-order valence-electron chi connectivity index (χ4n) is 5.97. The van der Waals surface area contributed by atoms with Crippen molar-refractivity contribution < 1.29 is 14.2 Å². The molecule has 0 saturated heterocycles. The highest BCUT2D eigenvalue weighted by Crippen LogP contribution is 2.42. The van der Waals surface area contributed by atoms with Gasteiger partial charge in [-0.1, -0.05) is 83.6 Å². The number of ether oxygens (including phenoxy) is 3. The second-order valence-electron chi connectivity index (χ2n) is 10.7. The number of hydrogen-bond donors (Lipinski definition) is 0. The monoisotopic (exact) mass is 620 g/mol. The van der Waals surface area contributed by atoms with E-state index in [-0.39, 0.29) is 11.6 Å². The van der Waals surface area contributed by atoms with E-state index in [1.807, 2.05) is 83.4 Å². The van der Waals surface area contributed by atoms with E-state index in [4.69, 9.17) is 30.8 Å². The predicted molar refractivity (Wildman–Crippen MR) is 175 cm³/mol. The van der Waals surface area contributed by atoms with Crippen LogP contribution < -0.4 is 29.1 Å². The molecule has 0 N–H and O–H groups in total. The first-order valence-corrected chi connectivity index (χ1v) is 15.5. The van der Waals surface area contributed by atoms with Gasteiger partial charge in [0.25, 0.3) is 5.56 Å². The van der Waals surface area contributed by atoms with Crippen LogP contribution in [0.2, 0.25) is 5.02 Å². The molecule has 8 heteroatoms. The average molecular weight is 621 g/mol. The quantitative estimate of drug-likeness (QED) is 0.207. The van der Waals surface area contributed by atoms with E-state index in [1.165, 1.54) is 16.9 Å². The minimum Gasteiger partial charge on any atom is -0.493 e. The highest BCUT2D eigenvalue weighted by molar-refractivity contribution is 7.07. The molecular formula is C36H29ClN2O4S. The van der Waals surface area contributed by atoms with E-state index in [1.54, 1.807) is 14.2 Å². The molecule has 1 aliphatic carbocycles. The summed E-state index contributed by atoms with van der Waals surface area (Å²) in [6.45, 7) is 0.351. The first-order chi connectivity index (χ1) is 21.5. The van der Waals surface area contributed by atoms with Crippen LogP contribution in [0, 0.1) is 0 Å². The summed E-state index contributed by atoms with van der Waals surface area (Å²) in [5.74, 6) is 1.96. The lowest BCUT2D eigenvalue weighted by atomic mass is 9.83.